The van der Waals surface area contributed by atoms with E-state index in [0.29, 0.717) is 5.41 Å². The lowest BCUT2D eigenvalue weighted by molar-refractivity contribution is 0.544. The van der Waals surface area contributed by atoms with Gasteiger partial charge in [0.05, 0.1) is 8.07 Å². The minimum atomic E-state index is -1.02. The molecule has 0 bridgehead atoms. The van der Waals surface area contributed by atoms with E-state index >= 15 is 0 Å². The van der Waals surface area contributed by atoms with Crippen LogP contribution in [0.15, 0.2) is 9.28 Å². The SMILES string of the molecule is CC(C)(C)/C=C(\I)[Si](C)(C)C. The molecule has 0 heterocycles. The third-order valence-corrected chi connectivity index (χ3v) is 8.02. The van der Waals surface area contributed by atoms with Gasteiger partial charge in [-0.15, -0.1) is 0 Å². The van der Waals surface area contributed by atoms with Crippen LogP contribution in [0.4, 0.5) is 0 Å². The Bertz CT molecular complexity index is 157. The highest BCUT2D eigenvalue weighted by Gasteiger charge is 2.19. The molecule has 0 aliphatic heterocycles. The zero-order valence-corrected chi connectivity index (χ0v) is 11.6. The first-order valence-electron chi connectivity index (χ1n) is 4.02. The van der Waals surface area contributed by atoms with Crippen molar-refractivity contribution in [3.63, 3.8) is 0 Å². The van der Waals surface area contributed by atoms with Crippen molar-refractivity contribution in [2.75, 3.05) is 0 Å². The van der Waals surface area contributed by atoms with Crippen molar-refractivity contribution in [3.8, 4) is 0 Å². The molecule has 0 aliphatic carbocycles. The lowest BCUT2D eigenvalue weighted by Crippen LogP contribution is -2.21. The highest BCUT2D eigenvalue weighted by Crippen LogP contribution is 2.27. The Kier molecular flexibility index (Phi) is 3.83. The largest absolute Gasteiger partial charge is 0.0850 e. The summed E-state index contributed by atoms with van der Waals surface area (Å²) >= 11 is 2.50. The van der Waals surface area contributed by atoms with E-state index in [-0.39, 0.29) is 0 Å². The summed E-state index contributed by atoms with van der Waals surface area (Å²) in [7, 11) is -1.02. The van der Waals surface area contributed by atoms with Gasteiger partial charge in [-0.25, -0.2) is 0 Å². The fraction of sp³-hybridized carbons (Fsp3) is 0.778. The van der Waals surface area contributed by atoms with Crippen molar-refractivity contribution in [3.05, 3.63) is 9.28 Å². The molecule has 2 heteroatoms. The first-order chi connectivity index (χ1) is 4.63. The molecular weight excluding hydrogens is 263 g/mol. The van der Waals surface area contributed by atoms with Crippen LogP contribution in [0.2, 0.25) is 19.6 Å². The molecule has 0 nitrogen and oxygen atoms in total. The molecule has 0 saturated heterocycles. The molecule has 0 N–H and O–H groups in total. The summed E-state index contributed by atoms with van der Waals surface area (Å²) < 4.78 is 1.59. The Morgan fingerprint density at radius 1 is 1.18 bits per heavy atom. The molecule has 0 aliphatic rings. The number of hydrogen-bond acceptors (Lipinski definition) is 0. The summed E-state index contributed by atoms with van der Waals surface area (Å²) in [4.78, 5) is 0. The molecule has 0 amide bonds. The standard InChI is InChI=1S/C9H19ISi/c1-9(2,3)7-8(10)11(4,5)6/h7H,1-6H3/b8-7+. The van der Waals surface area contributed by atoms with Crippen molar-refractivity contribution < 1.29 is 0 Å². The van der Waals surface area contributed by atoms with Gasteiger partial charge in [-0.2, -0.15) is 0 Å². The summed E-state index contributed by atoms with van der Waals surface area (Å²) in [5.41, 5.74) is 0.344. The number of rotatable bonds is 1. The molecule has 0 fully saturated rings. The average Bonchev–Trinajstić information content (AvgIpc) is 1.56. The van der Waals surface area contributed by atoms with Gasteiger partial charge in [-0.1, -0.05) is 69.1 Å². The molecule has 0 aromatic carbocycles. The van der Waals surface area contributed by atoms with E-state index in [1.54, 1.807) is 3.20 Å². The monoisotopic (exact) mass is 282 g/mol. The molecule has 11 heavy (non-hydrogen) atoms. The summed E-state index contributed by atoms with van der Waals surface area (Å²) in [6.45, 7) is 13.9. The van der Waals surface area contributed by atoms with Gasteiger partial charge >= 0.3 is 0 Å². The summed E-state index contributed by atoms with van der Waals surface area (Å²) in [5.74, 6) is 0. The molecule has 0 unspecified atom stereocenters. The summed E-state index contributed by atoms with van der Waals surface area (Å²) in [5, 5.41) is 0. The summed E-state index contributed by atoms with van der Waals surface area (Å²) in [6, 6.07) is 0. The second kappa shape index (κ2) is 3.60. The number of allylic oxidation sites excluding steroid dienone is 1. The van der Waals surface area contributed by atoms with Gasteiger partial charge < -0.3 is 0 Å². The van der Waals surface area contributed by atoms with Crippen LogP contribution >= 0.6 is 22.6 Å². The number of hydrogen-bond donors (Lipinski definition) is 0. The molecule has 0 atom stereocenters. The number of halogens is 1. The molecule has 0 rings (SSSR count). The molecule has 0 spiro atoms. The molecule has 0 saturated carbocycles. The van der Waals surface area contributed by atoms with Crippen LogP contribution in [0.3, 0.4) is 0 Å². The van der Waals surface area contributed by atoms with Gasteiger partial charge in [0.15, 0.2) is 0 Å². The van der Waals surface area contributed by atoms with E-state index in [1.807, 2.05) is 0 Å². The van der Waals surface area contributed by atoms with Crippen LogP contribution in [-0.2, 0) is 0 Å². The molecule has 0 aromatic heterocycles. The van der Waals surface area contributed by atoms with Crippen LogP contribution in [0.1, 0.15) is 20.8 Å². The van der Waals surface area contributed by atoms with Gasteiger partial charge in [0.1, 0.15) is 0 Å². The van der Waals surface area contributed by atoms with Gasteiger partial charge in [0.2, 0.25) is 0 Å². The summed E-state index contributed by atoms with van der Waals surface area (Å²) in [6.07, 6.45) is 2.40. The third-order valence-electron chi connectivity index (χ3n) is 1.28. The van der Waals surface area contributed by atoms with Crippen LogP contribution in [-0.4, -0.2) is 8.07 Å². The zero-order valence-electron chi connectivity index (χ0n) is 8.46. The van der Waals surface area contributed by atoms with Gasteiger partial charge in [-0.05, 0) is 8.62 Å². The minimum Gasteiger partial charge on any atom is -0.0740 e. The highest BCUT2D eigenvalue weighted by molar-refractivity contribution is 14.1. The van der Waals surface area contributed by atoms with Crippen molar-refractivity contribution in [2.24, 2.45) is 5.41 Å². The van der Waals surface area contributed by atoms with Gasteiger partial charge in [0.25, 0.3) is 0 Å². The molecular formula is C9H19ISi. The third kappa shape index (κ3) is 5.90. The first-order valence-corrected chi connectivity index (χ1v) is 8.60. The molecule has 0 radical (unpaired) electrons. The molecule has 0 aromatic rings. The predicted octanol–water partition coefficient (Wildman–Crippen LogP) is 4.23. The van der Waals surface area contributed by atoms with E-state index in [9.17, 15) is 0 Å². The van der Waals surface area contributed by atoms with E-state index in [2.05, 4.69) is 69.1 Å². The fourth-order valence-electron chi connectivity index (χ4n) is 0.597. The van der Waals surface area contributed by atoms with E-state index in [4.69, 9.17) is 0 Å². The van der Waals surface area contributed by atoms with Crippen LogP contribution < -0.4 is 0 Å². The predicted molar refractivity (Wildman–Crippen MR) is 64.9 cm³/mol. The lowest BCUT2D eigenvalue weighted by atomic mass is 9.98. The second-order valence-corrected chi connectivity index (χ2v) is 12.3. The highest BCUT2D eigenvalue weighted by atomic mass is 127. The van der Waals surface area contributed by atoms with Crippen molar-refractivity contribution in [1.29, 1.82) is 0 Å². The Labute approximate surface area is 85.6 Å². The van der Waals surface area contributed by atoms with Gasteiger partial charge in [0, 0.05) is 0 Å². The van der Waals surface area contributed by atoms with Crippen LogP contribution in [0.25, 0.3) is 0 Å². The minimum absolute atomic E-state index is 0.344. The smallest absolute Gasteiger partial charge is 0.0740 e. The van der Waals surface area contributed by atoms with Crippen LogP contribution in [0, 0.1) is 5.41 Å². The maximum absolute atomic E-state index is 2.50. The maximum atomic E-state index is 2.50. The fourth-order valence-corrected chi connectivity index (χ4v) is 2.40. The maximum Gasteiger partial charge on any atom is 0.0850 e. The topological polar surface area (TPSA) is 0 Å². The Morgan fingerprint density at radius 2 is 1.55 bits per heavy atom. The quantitative estimate of drug-likeness (QED) is 0.499. The van der Waals surface area contributed by atoms with E-state index < -0.39 is 8.07 Å². The van der Waals surface area contributed by atoms with E-state index in [1.165, 1.54) is 0 Å². The zero-order chi connectivity index (χ0) is 9.28. The van der Waals surface area contributed by atoms with Crippen molar-refractivity contribution in [1.82, 2.24) is 0 Å². The Hall–Kier alpha value is 0.687. The Morgan fingerprint density at radius 3 is 1.64 bits per heavy atom. The lowest BCUT2D eigenvalue weighted by Gasteiger charge is -2.20. The molecule has 66 valence electrons. The van der Waals surface area contributed by atoms with Crippen molar-refractivity contribution in [2.45, 2.75) is 40.4 Å². The normalized spacial score (nSPS) is 15.4. The Balaban J connectivity index is 4.49. The van der Waals surface area contributed by atoms with Gasteiger partial charge in [-0.3, -0.25) is 0 Å². The van der Waals surface area contributed by atoms with Crippen LogP contribution in [0.5, 0.6) is 0 Å². The second-order valence-electron chi connectivity index (χ2n) is 5.11. The average molecular weight is 282 g/mol. The first kappa shape index (κ1) is 11.7. The van der Waals surface area contributed by atoms with Crippen molar-refractivity contribution >= 4 is 30.7 Å². The van der Waals surface area contributed by atoms with E-state index in [0.717, 1.165) is 0 Å².